The maximum atomic E-state index is 13.6. The van der Waals surface area contributed by atoms with Crippen molar-refractivity contribution in [2.75, 3.05) is 13.1 Å². The minimum absolute atomic E-state index is 0.121. The molecule has 0 saturated carbocycles. The van der Waals surface area contributed by atoms with Crippen molar-refractivity contribution < 1.29 is 27.2 Å². The summed E-state index contributed by atoms with van der Waals surface area (Å²) < 4.78 is 44.7. The standard InChI is InChI=1S/C23H29FN2O5S/c1-22(2,3)31-26-21(27)16-23(12-14-25-15-13-23)32(28,29)20-10-8-19(9-11-20)30-18-6-4-17(24)5-7-18/h4-11,25H,12-16H2,1-3H3,(H,26,27). The molecule has 0 bridgehead atoms. The van der Waals surface area contributed by atoms with Crippen LogP contribution in [0.15, 0.2) is 53.4 Å². The number of carbonyl (C=O) groups excluding carboxylic acids is 1. The van der Waals surface area contributed by atoms with Gasteiger partial charge < -0.3 is 10.1 Å². The first-order chi connectivity index (χ1) is 15.0. The van der Waals surface area contributed by atoms with Crippen LogP contribution in [0, 0.1) is 5.82 Å². The number of carbonyl (C=O) groups is 1. The number of piperidine rings is 1. The van der Waals surface area contributed by atoms with Crippen LogP contribution in [0.25, 0.3) is 0 Å². The first-order valence-electron chi connectivity index (χ1n) is 10.5. The highest BCUT2D eigenvalue weighted by molar-refractivity contribution is 7.92. The van der Waals surface area contributed by atoms with E-state index < -0.39 is 26.1 Å². The van der Waals surface area contributed by atoms with Gasteiger partial charge in [-0.3, -0.25) is 9.63 Å². The molecule has 3 rings (SSSR count). The topological polar surface area (TPSA) is 93.7 Å². The summed E-state index contributed by atoms with van der Waals surface area (Å²) in [7, 11) is -3.83. The zero-order valence-corrected chi connectivity index (χ0v) is 19.3. The predicted octanol–water partition coefficient (Wildman–Crippen LogP) is 3.75. The van der Waals surface area contributed by atoms with E-state index in [0.29, 0.717) is 37.4 Å². The molecule has 0 aliphatic carbocycles. The summed E-state index contributed by atoms with van der Waals surface area (Å²) in [6, 6.07) is 11.6. The van der Waals surface area contributed by atoms with Crippen molar-refractivity contribution in [1.82, 2.24) is 10.8 Å². The lowest BCUT2D eigenvalue weighted by atomic mass is 9.93. The zero-order chi connectivity index (χ0) is 23.4. The Kier molecular flexibility index (Phi) is 7.22. The Morgan fingerprint density at radius 2 is 1.56 bits per heavy atom. The van der Waals surface area contributed by atoms with Crippen LogP contribution >= 0.6 is 0 Å². The first-order valence-corrected chi connectivity index (χ1v) is 11.9. The van der Waals surface area contributed by atoms with E-state index in [2.05, 4.69) is 10.8 Å². The van der Waals surface area contributed by atoms with Gasteiger partial charge in [-0.2, -0.15) is 0 Å². The molecule has 0 spiro atoms. The molecule has 0 atom stereocenters. The SMILES string of the molecule is CC(C)(C)ONC(=O)CC1(S(=O)(=O)c2ccc(Oc3ccc(F)cc3)cc2)CCNCC1. The summed E-state index contributed by atoms with van der Waals surface area (Å²) in [5.74, 6) is 0.0169. The van der Waals surface area contributed by atoms with Gasteiger partial charge in [0, 0.05) is 6.42 Å². The van der Waals surface area contributed by atoms with E-state index in [4.69, 9.17) is 9.57 Å². The third-order valence-corrected chi connectivity index (χ3v) is 7.81. The van der Waals surface area contributed by atoms with Gasteiger partial charge in [-0.05, 0) is 95.2 Å². The predicted molar refractivity (Wildman–Crippen MR) is 119 cm³/mol. The highest BCUT2D eigenvalue weighted by atomic mass is 32.2. The summed E-state index contributed by atoms with van der Waals surface area (Å²) in [6.07, 6.45) is 0.430. The highest BCUT2D eigenvalue weighted by Gasteiger charge is 2.47. The number of hydrogen-bond donors (Lipinski definition) is 2. The molecule has 0 radical (unpaired) electrons. The maximum Gasteiger partial charge on any atom is 0.245 e. The Morgan fingerprint density at radius 3 is 2.09 bits per heavy atom. The van der Waals surface area contributed by atoms with Gasteiger partial charge >= 0.3 is 0 Å². The van der Waals surface area contributed by atoms with E-state index in [9.17, 15) is 17.6 Å². The van der Waals surface area contributed by atoms with Gasteiger partial charge in [0.1, 0.15) is 17.3 Å². The summed E-state index contributed by atoms with van der Waals surface area (Å²) in [6.45, 7) is 6.37. The van der Waals surface area contributed by atoms with Gasteiger partial charge in [0.15, 0.2) is 9.84 Å². The summed E-state index contributed by atoms with van der Waals surface area (Å²) in [5, 5.41) is 3.16. The summed E-state index contributed by atoms with van der Waals surface area (Å²) in [4.78, 5) is 18.0. The zero-order valence-electron chi connectivity index (χ0n) is 18.5. The van der Waals surface area contributed by atoms with Gasteiger partial charge in [0.25, 0.3) is 0 Å². The molecule has 9 heteroatoms. The minimum atomic E-state index is -3.83. The van der Waals surface area contributed by atoms with E-state index in [-0.39, 0.29) is 17.1 Å². The Balaban J connectivity index is 1.80. The number of hydroxylamine groups is 1. The smallest absolute Gasteiger partial charge is 0.245 e. The number of benzene rings is 2. The molecule has 1 amide bonds. The lowest BCUT2D eigenvalue weighted by Gasteiger charge is -2.36. The number of halogens is 1. The number of amides is 1. The molecular weight excluding hydrogens is 435 g/mol. The third kappa shape index (κ3) is 5.85. The van der Waals surface area contributed by atoms with Crippen LogP contribution < -0.4 is 15.5 Å². The second kappa shape index (κ2) is 9.56. The minimum Gasteiger partial charge on any atom is -0.457 e. The fraction of sp³-hybridized carbons (Fsp3) is 0.435. The van der Waals surface area contributed by atoms with Crippen molar-refractivity contribution in [2.45, 2.75) is 55.3 Å². The van der Waals surface area contributed by atoms with Crippen molar-refractivity contribution in [1.29, 1.82) is 0 Å². The molecular formula is C23H29FN2O5S. The fourth-order valence-electron chi connectivity index (χ4n) is 3.54. The molecule has 174 valence electrons. The Morgan fingerprint density at radius 1 is 1.03 bits per heavy atom. The average Bonchev–Trinajstić information content (AvgIpc) is 2.74. The number of nitrogens with one attached hydrogen (secondary N) is 2. The summed E-state index contributed by atoms with van der Waals surface area (Å²) in [5.41, 5.74) is 1.80. The second-order valence-corrected chi connectivity index (χ2v) is 11.2. The van der Waals surface area contributed by atoms with Crippen molar-refractivity contribution in [3.63, 3.8) is 0 Å². The number of hydrogen-bond acceptors (Lipinski definition) is 6. The first kappa shape index (κ1) is 24.2. The van der Waals surface area contributed by atoms with E-state index in [1.807, 2.05) is 0 Å². The molecule has 1 fully saturated rings. The van der Waals surface area contributed by atoms with E-state index in [1.54, 1.807) is 32.9 Å². The van der Waals surface area contributed by atoms with Gasteiger partial charge in [0.05, 0.1) is 15.2 Å². The van der Waals surface area contributed by atoms with Gasteiger partial charge in [-0.1, -0.05) is 0 Å². The molecule has 32 heavy (non-hydrogen) atoms. The fourth-order valence-corrected chi connectivity index (χ4v) is 5.59. The normalized spacial score (nSPS) is 16.4. The Bertz CT molecular complexity index is 1030. The van der Waals surface area contributed by atoms with E-state index in [1.165, 1.54) is 36.4 Å². The number of sulfone groups is 1. The van der Waals surface area contributed by atoms with Gasteiger partial charge in [0.2, 0.25) is 5.91 Å². The molecule has 0 aromatic heterocycles. The van der Waals surface area contributed by atoms with Crippen LogP contribution in [0.2, 0.25) is 0 Å². The molecule has 0 unspecified atom stereocenters. The third-order valence-electron chi connectivity index (χ3n) is 5.22. The van der Waals surface area contributed by atoms with Crippen molar-refractivity contribution in [3.8, 4) is 11.5 Å². The quantitative estimate of drug-likeness (QED) is 0.606. The Labute approximate surface area is 188 Å². The van der Waals surface area contributed by atoms with Crippen LogP contribution in [0.5, 0.6) is 11.5 Å². The van der Waals surface area contributed by atoms with Crippen LogP contribution in [0.1, 0.15) is 40.0 Å². The van der Waals surface area contributed by atoms with Gasteiger partial charge in [-0.25, -0.2) is 18.3 Å². The largest absolute Gasteiger partial charge is 0.457 e. The van der Waals surface area contributed by atoms with E-state index >= 15 is 0 Å². The molecule has 2 aromatic carbocycles. The monoisotopic (exact) mass is 464 g/mol. The van der Waals surface area contributed by atoms with Gasteiger partial charge in [-0.15, -0.1) is 0 Å². The van der Waals surface area contributed by atoms with Crippen molar-refractivity contribution in [2.24, 2.45) is 0 Å². The van der Waals surface area contributed by atoms with Crippen LogP contribution in [0.4, 0.5) is 4.39 Å². The molecule has 2 N–H and O–H groups in total. The molecule has 1 saturated heterocycles. The molecule has 1 aliphatic rings. The van der Waals surface area contributed by atoms with Crippen molar-refractivity contribution in [3.05, 3.63) is 54.3 Å². The lowest BCUT2D eigenvalue weighted by Crippen LogP contribution is -2.50. The van der Waals surface area contributed by atoms with E-state index in [0.717, 1.165) is 0 Å². The van der Waals surface area contributed by atoms with Crippen LogP contribution in [-0.2, 0) is 19.5 Å². The van der Waals surface area contributed by atoms with Crippen LogP contribution in [0.3, 0.4) is 0 Å². The Hall–Kier alpha value is -2.49. The molecule has 7 nitrogen and oxygen atoms in total. The summed E-state index contributed by atoms with van der Waals surface area (Å²) >= 11 is 0. The van der Waals surface area contributed by atoms with Crippen LogP contribution in [-0.4, -0.2) is 37.8 Å². The number of rotatable bonds is 7. The maximum absolute atomic E-state index is 13.6. The highest BCUT2D eigenvalue weighted by Crippen LogP contribution is 2.37. The molecule has 1 aliphatic heterocycles. The molecule has 2 aromatic rings. The van der Waals surface area contributed by atoms with Crippen molar-refractivity contribution >= 4 is 15.7 Å². The average molecular weight is 465 g/mol. The molecule has 1 heterocycles. The second-order valence-electron chi connectivity index (χ2n) is 8.88. The number of ether oxygens (including phenoxy) is 1. The lowest BCUT2D eigenvalue weighted by molar-refractivity contribution is -0.146.